The molecule has 2 aromatic heterocycles. The van der Waals surface area contributed by atoms with Crippen LogP contribution >= 0.6 is 0 Å². The third-order valence-electron chi connectivity index (χ3n) is 2.36. The quantitative estimate of drug-likeness (QED) is 0.892. The van der Waals surface area contributed by atoms with Crippen LogP contribution in [-0.2, 0) is 12.7 Å². The minimum Gasteiger partial charge on any atom is -0.368 e. The Hall–Kier alpha value is -2.12. The predicted octanol–water partition coefficient (Wildman–Crippen LogP) is 1.96. The minimum absolute atomic E-state index is 0.00455. The van der Waals surface area contributed by atoms with Gasteiger partial charge in [-0.05, 0) is 13.0 Å². The second-order valence-electron chi connectivity index (χ2n) is 3.51. The van der Waals surface area contributed by atoms with E-state index in [2.05, 4.69) is 15.0 Å². The molecule has 0 aliphatic carbocycles. The van der Waals surface area contributed by atoms with Crippen LogP contribution in [0, 0.1) is 0 Å². The molecule has 2 heterocycles. The number of hydrogen-bond acceptors (Lipinski definition) is 4. The van der Waals surface area contributed by atoms with Gasteiger partial charge in [0.25, 0.3) is 0 Å². The highest BCUT2D eigenvalue weighted by atomic mass is 19.4. The van der Waals surface area contributed by atoms with Crippen molar-refractivity contribution in [2.75, 3.05) is 5.73 Å². The Morgan fingerprint density at radius 3 is 2.61 bits per heavy atom. The van der Waals surface area contributed by atoms with E-state index in [1.54, 1.807) is 6.92 Å². The van der Waals surface area contributed by atoms with E-state index in [4.69, 9.17) is 5.73 Å². The summed E-state index contributed by atoms with van der Waals surface area (Å²) < 4.78 is 39.2. The first-order valence-corrected chi connectivity index (χ1v) is 5.15. The SMILES string of the molecule is CCn1c(-c2ccnc(N)n2)cnc1C(F)(F)F. The van der Waals surface area contributed by atoms with Gasteiger partial charge in [-0.2, -0.15) is 13.2 Å². The van der Waals surface area contributed by atoms with Crippen LogP contribution < -0.4 is 5.73 Å². The van der Waals surface area contributed by atoms with Crippen molar-refractivity contribution in [2.24, 2.45) is 0 Å². The number of halogens is 3. The van der Waals surface area contributed by atoms with Crippen LogP contribution in [0.3, 0.4) is 0 Å². The van der Waals surface area contributed by atoms with Crippen molar-refractivity contribution in [3.8, 4) is 11.4 Å². The number of nitrogen functional groups attached to an aromatic ring is 1. The van der Waals surface area contributed by atoms with Gasteiger partial charge in [0.2, 0.25) is 11.8 Å². The summed E-state index contributed by atoms with van der Waals surface area (Å²) in [5, 5.41) is 0. The largest absolute Gasteiger partial charge is 0.449 e. The maximum Gasteiger partial charge on any atom is 0.449 e. The first-order valence-electron chi connectivity index (χ1n) is 5.15. The highest BCUT2D eigenvalue weighted by Gasteiger charge is 2.37. The monoisotopic (exact) mass is 257 g/mol. The standard InChI is InChI=1S/C10H10F3N5/c1-2-18-7(5-16-8(18)10(11,12)13)6-3-4-15-9(14)17-6/h3-5H,2H2,1H3,(H2,14,15,17). The molecule has 2 aromatic rings. The fourth-order valence-corrected chi connectivity index (χ4v) is 1.64. The second-order valence-corrected chi connectivity index (χ2v) is 3.51. The average molecular weight is 257 g/mol. The van der Waals surface area contributed by atoms with E-state index < -0.39 is 12.0 Å². The van der Waals surface area contributed by atoms with Crippen molar-refractivity contribution < 1.29 is 13.2 Å². The van der Waals surface area contributed by atoms with Crippen molar-refractivity contribution in [1.29, 1.82) is 0 Å². The molecule has 0 amide bonds. The smallest absolute Gasteiger partial charge is 0.368 e. The highest BCUT2D eigenvalue weighted by molar-refractivity contribution is 5.55. The zero-order valence-electron chi connectivity index (χ0n) is 9.44. The Labute approximate surface area is 100 Å². The molecule has 0 saturated heterocycles. The van der Waals surface area contributed by atoms with Crippen molar-refractivity contribution in [2.45, 2.75) is 19.6 Å². The Morgan fingerprint density at radius 1 is 1.33 bits per heavy atom. The van der Waals surface area contributed by atoms with Gasteiger partial charge in [0.1, 0.15) is 0 Å². The third kappa shape index (κ3) is 2.13. The number of imidazole rings is 1. The zero-order valence-corrected chi connectivity index (χ0v) is 9.44. The summed E-state index contributed by atoms with van der Waals surface area (Å²) in [4.78, 5) is 11.0. The summed E-state index contributed by atoms with van der Waals surface area (Å²) in [7, 11) is 0. The number of nitrogens with zero attached hydrogens (tertiary/aromatic N) is 4. The number of anilines is 1. The van der Waals surface area contributed by atoms with Gasteiger partial charge in [0.05, 0.1) is 17.6 Å². The summed E-state index contributed by atoms with van der Waals surface area (Å²) in [6.45, 7) is 1.74. The van der Waals surface area contributed by atoms with E-state index in [0.717, 1.165) is 10.8 Å². The van der Waals surface area contributed by atoms with Gasteiger partial charge in [0.15, 0.2) is 0 Å². The Bertz CT molecular complexity index is 561. The number of nitrogens with two attached hydrogens (primary N) is 1. The van der Waals surface area contributed by atoms with Gasteiger partial charge < -0.3 is 10.3 Å². The van der Waals surface area contributed by atoms with Crippen LogP contribution in [0.4, 0.5) is 19.1 Å². The van der Waals surface area contributed by atoms with Crippen molar-refractivity contribution >= 4 is 5.95 Å². The molecule has 0 aliphatic rings. The summed E-state index contributed by atoms with van der Waals surface area (Å²) in [5.41, 5.74) is 5.98. The molecule has 0 fully saturated rings. The van der Waals surface area contributed by atoms with Crippen molar-refractivity contribution in [3.05, 3.63) is 24.3 Å². The van der Waals surface area contributed by atoms with Gasteiger partial charge in [0, 0.05) is 12.7 Å². The summed E-state index contributed by atoms with van der Waals surface area (Å²) in [5.74, 6) is -0.943. The van der Waals surface area contributed by atoms with E-state index in [-0.39, 0.29) is 18.2 Å². The maximum absolute atomic E-state index is 12.7. The van der Waals surface area contributed by atoms with Crippen LogP contribution in [0.1, 0.15) is 12.7 Å². The van der Waals surface area contributed by atoms with Crippen LogP contribution in [0.25, 0.3) is 11.4 Å². The molecular weight excluding hydrogens is 247 g/mol. The zero-order chi connectivity index (χ0) is 13.3. The number of rotatable bonds is 2. The molecule has 2 rings (SSSR count). The highest BCUT2D eigenvalue weighted by Crippen LogP contribution is 2.31. The summed E-state index contributed by atoms with van der Waals surface area (Å²) >= 11 is 0. The topological polar surface area (TPSA) is 69.6 Å². The molecule has 0 unspecified atom stereocenters. The number of aromatic nitrogens is 4. The lowest BCUT2D eigenvalue weighted by Crippen LogP contribution is -2.15. The molecule has 0 aliphatic heterocycles. The molecule has 0 spiro atoms. The number of alkyl halides is 3. The third-order valence-corrected chi connectivity index (χ3v) is 2.36. The molecule has 0 radical (unpaired) electrons. The fraction of sp³-hybridized carbons (Fsp3) is 0.300. The lowest BCUT2D eigenvalue weighted by molar-refractivity contribution is -0.147. The Balaban J connectivity index is 2.56. The Kier molecular flexibility index (Phi) is 2.93. The lowest BCUT2D eigenvalue weighted by atomic mass is 10.3. The minimum atomic E-state index is -4.49. The van der Waals surface area contributed by atoms with Crippen molar-refractivity contribution in [3.63, 3.8) is 0 Å². The fourth-order valence-electron chi connectivity index (χ4n) is 1.64. The molecule has 2 N–H and O–H groups in total. The molecule has 0 saturated carbocycles. The normalized spacial score (nSPS) is 11.8. The second kappa shape index (κ2) is 4.28. The molecule has 96 valence electrons. The average Bonchev–Trinajstić information content (AvgIpc) is 2.72. The first-order chi connectivity index (χ1) is 8.43. The molecule has 5 nitrogen and oxygen atoms in total. The van der Waals surface area contributed by atoms with Gasteiger partial charge >= 0.3 is 6.18 Å². The van der Waals surface area contributed by atoms with Crippen LogP contribution in [0.15, 0.2) is 18.5 Å². The van der Waals surface area contributed by atoms with Crippen LogP contribution in [0.5, 0.6) is 0 Å². The van der Waals surface area contributed by atoms with E-state index in [9.17, 15) is 13.2 Å². The summed E-state index contributed by atoms with van der Waals surface area (Å²) in [6, 6.07) is 1.49. The molecular formula is C10H10F3N5. The first kappa shape index (κ1) is 12.3. The van der Waals surface area contributed by atoms with Gasteiger partial charge in [-0.15, -0.1) is 0 Å². The molecule has 0 bridgehead atoms. The summed E-state index contributed by atoms with van der Waals surface area (Å²) in [6.07, 6.45) is -1.97. The van der Waals surface area contributed by atoms with E-state index >= 15 is 0 Å². The number of hydrogen-bond donors (Lipinski definition) is 1. The van der Waals surface area contributed by atoms with E-state index in [1.807, 2.05) is 0 Å². The van der Waals surface area contributed by atoms with E-state index in [1.165, 1.54) is 12.3 Å². The van der Waals surface area contributed by atoms with Crippen LogP contribution in [-0.4, -0.2) is 19.5 Å². The van der Waals surface area contributed by atoms with Gasteiger partial charge in [-0.1, -0.05) is 0 Å². The van der Waals surface area contributed by atoms with E-state index in [0.29, 0.717) is 5.69 Å². The van der Waals surface area contributed by atoms with Gasteiger partial charge in [-0.3, -0.25) is 0 Å². The Morgan fingerprint density at radius 2 is 2.06 bits per heavy atom. The van der Waals surface area contributed by atoms with Gasteiger partial charge in [-0.25, -0.2) is 15.0 Å². The molecule has 0 aromatic carbocycles. The molecule has 18 heavy (non-hydrogen) atoms. The van der Waals surface area contributed by atoms with Crippen LogP contribution in [0.2, 0.25) is 0 Å². The predicted molar refractivity (Wildman–Crippen MR) is 58.3 cm³/mol. The van der Waals surface area contributed by atoms with Crippen molar-refractivity contribution in [1.82, 2.24) is 19.5 Å². The molecule has 0 atom stereocenters. The lowest BCUT2D eigenvalue weighted by Gasteiger charge is -2.11. The maximum atomic E-state index is 12.7. The molecule has 8 heteroatoms.